The first kappa shape index (κ1) is 13.8. The molecule has 0 aliphatic rings. The lowest BCUT2D eigenvalue weighted by atomic mass is 10.2. The van der Waals surface area contributed by atoms with Gasteiger partial charge in [0.1, 0.15) is 11.3 Å². The van der Waals surface area contributed by atoms with Gasteiger partial charge in [-0.2, -0.15) is 0 Å². The SMILES string of the molecule is CNC(C[N+](=O)[O-])N(C)Cc1ccc(Cl)nc1. The van der Waals surface area contributed by atoms with Gasteiger partial charge in [-0.1, -0.05) is 17.7 Å². The van der Waals surface area contributed by atoms with Gasteiger partial charge >= 0.3 is 0 Å². The van der Waals surface area contributed by atoms with Crippen LogP contribution < -0.4 is 5.32 Å². The third-order valence-electron chi connectivity index (χ3n) is 2.41. The molecule has 1 N–H and O–H groups in total. The smallest absolute Gasteiger partial charge is 0.232 e. The van der Waals surface area contributed by atoms with Crippen molar-refractivity contribution in [1.82, 2.24) is 15.2 Å². The Morgan fingerprint density at radius 2 is 2.35 bits per heavy atom. The van der Waals surface area contributed by atoms with Crippen molar-refractivity contribution >= 4 is 11.6 Å². The molecule has 1 rings (SSSR count). The summed E-state index contributed by atoms with van der Waals surface area (Å²) in [6.45, 7) is 0.428. The van der Waals surface area contributed by atoms with Gasteiger partial charge in [0.2, 0.25) is 6.54 Å². The molecule has 0 bridgehead atoms. The van der Waals surface area contributed by atoms with E-state index in [0.29, 0.717) is 11.7 Å². The minimum atomic E-state index is -0.336. The van der Waals surface area contributed by atoms with Crippen LogP contribution in [-0.2, 0) is 6.54 Å². The summed E-state index contributed by atoms with van der Waals surface area (Å²) in [5.74, 6) is 0. The Morgan fingerprint density at radius 3 is 2.82 bits per heavy atom. The van der Waals surface area contributed by atoms with Gasteiger partial charge in [-0.25, -0.2) is 4.98 Å². The first-order valence-corrected chi connectivity index (χ1v) is 5.50. The molecule has 0 radical (unpaired) electrons. The van der Waals surface area contributed by atoms with E-state index in [-0.39, 0.29) is 17.6 Å². The van der Waals surface area contributed by atoms with Gasteiger partial charge in [-0.05, 0) is 25.7 Å². The van der Waals surface area contributed by atoms with Crippen LogP contribution >= 0.6 is 11.6 Å². The number of nitrogens with one attached hydrogen (secondary N) is 1. The standard InChI is InChI=1S/C10H15ClN4O2/c1-12-10(7-15(16)17)14(2)6-8-3-4-9(11)13-5-8/h3-5,10,12H,6-7H2,1-2H3. The summed E-state index contributed by atoms with van der Waals surface area (Å²) in [7, 11) is 3.52. The Kier molecular flexibility index (Phi) is 5.27. The summed E-state index contributed by atoms with van der Waals surface area (Å²) in [6.07, 6.45) is 1.36. The summed E-state index contributed by atoms with van der Waals surface area (Å²) in [5.41, 5.74) is 0.959. The summed E-state index contributed by atoms with van der Waals surface area (Å²) in [4.78, 5) is 16.0. The van der Waals surface area contributed by atoms with Crippen LogP contribution in [0.5, 0.6) is 0 Å². The molecule has 0 saturated carbocycles. The van der Waals surface area contributed by atoms with E-state index in [9.17, 15) is 10.1 Å². The molecule has 6 nitrogen and oxygen atoms in total. The molecule has 0 aliphatic carbocycles. The van der Waals surface area contributed by atoms with E-state index in [0.717, 1.165) is 5.56 Å². The summed E-state index contributed by atoms with van der Waals surface area (Å²) in [5, 5.41) is 13.8. The Balaban J connectivity index is 2.60. The second-order valence-corrected chi connectivity index (χ2v) is 4.11. The zero-order chi connectivity index (χ0) is 12.8. The highest BCUT2D eigenvalue weighted by molar-refractivity contribution is 6.29. The Morgan fingerprint density at radius 1 is 1.65 bits per heavy atom. The third-order valence-corrected chi connectivity index (χ3v) is 2.63. The molecule has 0 spiro atoms. The molecule has 7 heteroatoms. The van der Waals surface area contributed by atoms with Crippen LogP contribution in [0.25, 0.3) is 0 Å². The topological polar surface area (TPSA) is 71.3 Å². The van der Waals surface area contributed by atoms with Crippen molar-refractivity contribution in [1.29, 1.82) is 0 Å². The lowest BCUT2D eigenvalue weighted by Crippen LogP contribution is -2.46. The number of nitrogens with zero attached hydrogens (tertiary/aromatic N) is 3. The number of hydrogen-bond donors (Lipinski definition) is 1. The zero-order valence-electron chi connectivity index (χ0n) is 9.76. The average molecular weight is 259 g/mol. The Labute approximate surface area is 105 Å². The van der Waals surface area contributed by atoms with E-state index in [2.05, 4.69) is 10.3 Å². The summed E-state index contributed by atoms with van der Waals surface area (Å²) < 4.78 is 0. The molecule has 1 aromatic rings. The first-order chi connectivity index (χ1) is 8.02. The second-order valence-electron chi connectivity index (χ2n) is 3.72. The summed E-state index contributed by atoms with van der Waals surface area (Å²) >= 11 is 5.68. The second kappa shape index (κ2) is 6.48. The van der Waals surface area contributed by atoms with Crippen molar-refractivity contribution in [2.24, 2.45) is 0 Å². The number of aromatic nitrogens is 1. The van der Waals surface area contributed by atoms with Crippen LogP contribution in [0.4, 0.5) is 0 Å². The molecule has 0 fully saturated rings. The molecule has 1 heterocycles. The van der Waals surface area contributed by atoms with Gasteiger partial charge in [0.05, 0.1) is 0 Å². The monoisotopic (exact) mass is 258 g/mol. The van der Waals surface area contributed by atoms with Crippen molar-refractivity contribution in [3.63, 3.8) is 0 Å². The molecule has 0 aromatic carbocycles. The predicted octanol–water partition coefficient (Wildman–Crippen LogP) is 0.989. The maximum atomic E-state index is 10.5. The van der Waals surface area contributed by atoms with E-state index in [1.54, 1.807) is 19.3 Å². The van der Waals surface area contributed by atoms with Crippen LogP contribution in [0.2, 0.25) is 5.15 Å². The maximum absolute atomic E-state index is 10.5. The molecule has 0 amide bonds. The molecule has 0 saturated heterocycles. The lowest BCUT2D eigenvalue weighted by Gasteiger charge is -2.24. The fraction of sp³-hybridized carbons (Fsp3) is 0.500. The van der Waals surface area contributed by atoms with Gasteiger partial charge < -0.3 is 0 Å². The molecule has 17 heavy (non-hydrogen) atoms. The number of rotatable bonds is 6. The number of pyridine rings is 1. The zero-order valence-corrected chi connectivity index (χ0v) is 10.5. The van der Waals surface area contributed by atoms with Gasteiger partial charge in [0, 0.05) is 17.7 Å². The highest BCUT2D eigenvalue weighted by atomic mass is 35.5. The van der Waals surface area contributed by atoms with Crippen LogP contribution in [-0.4, -0.2) is 41.6 Å². The van der Waals surface area contributed by atoms with E-state index in [4.69, 9.17) is 11.6 Å². The fourth-order valence-electron chi connectivity index (χ4n) is 1.49. The van der Waals surface area contributed by atoms with E-state index >= 15 is 0 Å². The van der Waals surface area contributed by atoms with Gasteiger partial charge in [0.25, 0.3) is 0 Å². The van der Waals surface area contributed by atoms with E-state index < -0.39 is 0 Å². The van der Waals surface area contributed by atoms with Gasteiger partial charge in [-0.3, -0.25) is 20.3 Å². The van der Waals surface area contributed by atoms with Crippen molar-refractivity contribution in [2.45, 2.75) is 12.7 Å². The molecule has 1 unspecified atom stereocenters. The maximum Gasteiger partial charge on any atom is 0.232 e. The average Bonchev–Trinajstić information content (AvgIpc) is 2.28. The van der Waals surface area contributed by atoms with Crippen molar-refractivity contribution in [2.75, 3.05) is 20.6 Å². The van der Waals surface area contributed by atoms with Crippen molar-refractivity contribution < 1.29 is 4.92 Å². The largest absolute Gasteiger partial charge is 0.299 e. The molecule has 1 aromatic heterocycles. The number of halogens is 1. The number of hydrogen-bond acceptors (Lipinski definition) is 5. The highest BCUT2D eigenvalue weighted by Crippen LogP contribution is 2.08. The molecule has 1 atom stereocenters. The van der Waals surface area contributed by atoms with Crippen LogP contribution in [0.1, 0.15) is 5.56 Å². The minimum absolute atomic E-state index is 0.145. The Bertz CT molecular complexity index is 371. The predicted molar refractivity (Wildman–Crippen MR) is 65.4 cm³/mol. The lowest BCUT2D eigenvalue weighted by molar-refractivity contribution is -0.487. The van der Waals surface area contributed by atoms with Gasteiger partial charge in [0.15, 0.2) is 0 Å². The fourth-order valence-corrected chi connectivity index (χ4v) is 1.60. The van der Waals surface area contributed by atoms with E-state index in [1.807, 2.05) is 18.0 Å². The highest BCUT2D eigenvalue weighted by Gasteiger charge is 2.18. The molecule has 94 valence electrons. The van der Waals surface area contributed by atoms with Crippen molar-refractivity contribution in [3.8, 4) is 0 Å². The number of likely N-dealkylation sites (N-methyl/N-ethyl adjacent to an activating group) is 2. The molecular formula is C10H15ClN4O2. The molecular weight excluding hydrogens is 244 g/mol. The Hall–Kier alpha value is -1.24. The number of nitro groups is 1. The van der Waals surface area contributed by atoms with Crippen LogP contribution in [0, 0.1) is 10.1 Å². The van der Waals surface area contributed by atoms with E-state index in [1.165, 1.54) is 0 Å². The van der Waals surface area contributed by atoms with Crippen molar-refractivity contribution in [3.05, 3.63) is 39.2 Å². The quantitative estimate of drug-likeness (QED) is 0.357. The van der Waals surface area contributed by atoms with Gasteiger partial charge in [-0.15, -0.1) is 0 Å². The normalized spacial score (nSPS) is 12.7. The molecule has 0 aliphatic heterocycles. The van der Waals surface area contributed by atoms with Crippen LogP contribution in [0.15, 0.2) is 18.3 Å². The van der Waals surface area contributed by atoms with Crippen LogP contribution in [0.3, 0.4) is 0 Å². The third kappa shape index (κ3) is 4.64. The first-order valence-electron chi connectivity index (χ1n) is 5.12. The minimum Gasteiger partial charge on any atom is -0.299 e. The summed E-state index contributed by atoms with van der Waals surface area (Å²) in [6, 6.07) is 3.55.